The highest BCUT2D eigenvalue weighted by Gasteiger charge is 2.28. The summed E-state index contributed by atoms with van der Waals surface area (Å²) in [5.41, 5.74) is 12.8. The van der Waals surface area contributed by atoms with Gasteiger partial charge in [0.05, 0.1) is 32.5 Å². The molecule has 37 heavy (non-hydrogen) atoms. The molecule has 0 saturated heterocycles. The van der Waals surface area contributed by atoms with Crippen molar-refractivity contribution in [3.8, 4) is 0 Å². The van der Waals surface area contributed by atoms with Gasteiger partial charge in [0.2, 0.25) is 0 Å². The first-order chi connectivity index (χ1) is 17.7. The number of nitrogens with one attached hydrogen (secondary N) is 2. The van der Waals surface area contributed by atoms with Crippen molar-refractivity contribution in [2.75, 3.05) is 17.6 Å². The molecule has 9 heteroatoms. The molecule has 2 aliphatic rings. The number of hydrogen-bond acceptors (Lipinski definition) is 6. The average molecular weight is 538 g/mol. The van der Waals surface area contributed by atoms with Crippen LogP contribution in [0, 0.1) is 19.8 Å². The molecule has 5 rings (SSSR count). The van der Waals surface area contributed by atoms with Gasteiger partial charge in [0, 0.05) is 35.3 Å². The Bertz CT molecular complexity index is 1510. The average Bonchev–Trinajstić information content (AvgIpc) is 3.27. The Labute approximate surface area is 224 Å². The van der Waals surface area contributed by atoms with Crippen LogP contribution in [0.4, 0.5) is 15.8 Å². The number of allylic oxidation sites excluding steroid dienone is 4. The van der Waals surface area contributed by atoms with E-state index in [0.29, 0.717) is 41.3 Å². The molecule has 1 amide bonds. The predicted octanol–water partition coefficient (Wildman–Crippen LogP) is 6.59. The number of aryl methyl sites for hydroxylation is 2. The minimum absolute atomic E-state index is 0.0605. The minimum Gasteiger partial charge on any atom is -0.397 e. The summed E-state index contributed by atoms with van der Waals surface area (Å²) in [4.78, 5) is 22.7. The molecule has 6 nitrogen and oxygen atoms in total. The number of nitrogen functional groups attached to an aromatic ring is 1. The van der Waals surface area contributed by atoms with E-state index in [2.05, 4.69) is 22.5 Å². The van der Waals surface area contributed by atoms with Crippen molar-refractivity contribution in [2.24, 2.45) is 10.9 Å². The van der Waals surface area contributed by atoms with Crippen molar-refractivity contribution in [2.45, 2.75) is 45.4 Å². The molecule has 0 fully saturated rings. The Morgan fingerprint density at radius 2 is 2.03 bits per heavy atom. The number of aliphatic imine (C=N–C) groups is 1. The van der Waals surface area contributed by atoms with Crippen molar-refractivity contribution in [3.63, 3.8) is 0 Å². The van der Waals surface area contributed by atoms with Crippen LogP contribution in [-0.4, -0.2) is 28.6 Å². The van der Waals surface area contributed by atoms with E-state index >= 15 is 0 Å². The van der Waals surface area contributed by atoms with Gasteiger partial charge in [-0.1, -0.05) is 32.1 Å². The van der Waals surface area contributed by atoms with E-state index in [1.54, 1.807) is 17.7 Å². The van der Waals surface area contributed by atoms with E-state index in [1.165, 1.54) is 17.4 Å². The lowest BCUT2D eigenvalue weighted by Gasteiger charge is -2.28. The van der Waals surface area contributed by atoms with Crippen LogP contribution in [0.3, 0.4) is 0 Å². The van der Waals surface area contributed by atoms with Crippen LogP contribution < -0.4 is 16.4 Å². The van der Waals surface area contributed by atoms with Crippen molar-refractivity contribution < 1.29 is 9.18 Å². The van der Waals surface area contributed by atoms with Gasteiger partial charge in [0.25, 0.3) is 5.91 Å². The molecule has 0 saturated carbocycles. The Hall–Kier alpha value is -3.23. The number of benzene rings is 1. The number of amides is 1. The third-order valence-electron chi connectivity index (χ3n) is 7.08. The zero-order chi connectivity index (χ0) is 26.4. The van der Waals surface area contributed by atoms with Crippen LogP contribution in [0.5, 0.6) is 0 Å². The number of carbonyl (C=O) groups is 1. The molecule has 3 aromatic rings. The Morgan fingerprint density at radius 3 is 2.81 bits per heavy atom. The summed E-state index contributed by atoms with van der Waals surface area (Å²) in [7, 11) is 0. The maximum Gasteiger partial charge on any atom is 0.258 e. The Balaban J connectivity index is 1.49. The first-order valence-corrected chi connectivity index (χ1v) is 13.6. The SMILES string of the molecule is Cc1ccc2c(c1NC(=O)c1csc3c(N)c(C)cnc13)C(C)CN=C2NC1=C(F)C=CC(Cl)C(C)C1. The number of carbonyl (C=O) groups excluding carboxylic acids is 1. The van der Waals surface area contributed by atoms with Crippen molar-refractivity contribution in [3.05, 3.63) is 75.2 Å². The number of fused-ring (bicyclic) bond motifs is 2. The number of pyridine rings is 1. The summed E-state index contributed by atoms with van der Waals surface area (Å²) < 4.78 is 15.7. The molecule has 1 aliphatic heterocycles. The van der Waals surface area contributed by atoms with Gasteiger partial charge in [-0.25, -0.2) is 4.39 Å². The normalized spacial score (nSPS) is 21.5. The molecule has 2 aromatic heterocycles. The number of rotatable bonds is 3. The number of alkyl halides is 1. The fourth-order valence-electron chi connectivity index (χ4n) is 4.80. The van der Waals surface area contributed by atoms with E-state index in [0.717, 1.165) is 32.6 Å². The van der Waals surface area contributed by atoms with Gasteiger partial charge in [-0.05, 0) is 49.0 Å². The van der Waals surface area contributed by atoms with Crippen LogP contribution >= 0.6 is 22.9 Å². The third-order valence-corrected chi connectivity index (χ3v) is 8.66. The van der Waals surface area contributed by atoms with Gasteiger partial charge in [-0.2, -0.15) is 0 Å². The van der Waals surface area contributed by atoms with Crippen LogP contribution in [0.1, 0.15) is 58.8 Å². The monoisotopic (exact) mass is 537 g/mol. The molecule has 3 heterocycles. The van der Waals surface area contributed by atoms with Gasteiger partial charge in [-0.15, -0.1) is 22.9 Å². The van der Waals surface area contributed by atoms with Gasteiger partial charge < -0.3 is 16.4 Å². The lowest BCUT2D eigenvalue weighted by atomic mass is 9.88. The smallest absolute Gasteiger partial charge is 0.258 e. The second-order valence-corrected chi connectivity index (χ2v) is 11.3. The van der Waals surface area contributed by atoms with Crippen molar-refractivity contribution in [1.82, 2.24) is 10.3 Å². The molecule has 0 spiro atoms. The topological polar surface area (TPSA) is 92.4 Å². The molecule has 192 valence electrons. The van der Waals surface area contributed by atoms with E-state index in [-0.39, 0.29) is 28.9 Å². The first-order valence-electron chi connectivity index (χ1n) is 12.3. The Kier molecular flexibility index (Phi) is 6.81. The highest BCUT2D eigenvalue weighted by molar-refractivity contribution is 7.18. The van der Waals surface area contributed by atoms with E-state index in [9.17, 15) is 9.18 Å². The lowest BCUT2D eigenvalue weighted by molar-refractivity contribution is 0.102. The summed E-state index contributed by atoms with van der Waals surface area (Å²) in [6.07, 6.45) is 5.26. The summed E-state index contributed by atoms with van der Waals surface area (Å²) in [5.74, 6) is 0.131. The van der Waals surface area contributed by atoms with E-state index < -0.39 is 0 Å². The second-order valence-electron chi connectivity index (χ2n) is 9.88. The fourth-order valence-corrected chi connectivity index (χ4v) is 5.98. The van der Waals surface area contributed by atoms with Crippen LogP contribution in [0.2, 0.25) is 0 Å². The summed E-state index contributed by atoms with van der Waals surface area (Å²) in [6, 6.07) is 3.93. The number of aromatic nitrogens is 1. The van der Waals surface area contributed by atoms with Gasteiger partial charge in [0.15, 0.2) is 0 Å². The third kappa shape index (κ3) is 4.64. The number of anilines is 2. The molecule has 3 atom stereocenters. The zero-order valence-corrected chi connectivity index (χ0v) is 22.7. The molecule has 4 N–H and O–H groups in total. The van der Waals surface area contributed by atoms with Gasteiger partial charge in [0.1, 0.15) is 11.7 Å². The van der Waals surface area contributed by atoms with E-state index in [1.807, 2.05) is 32.9 Å². The number of hydrogen-bond donors (Lipinski definition) is 3. The highest BCUT2D eigenvalue weighted by atomic mass is 35.5. The predicted molar refractivity (Wildman–Crippen MR) is 152 cm³/mol. The molecular formula is C28H29ClFN5OS. The molecular weight excluding hydrogens is 509 g/mol. The first kappa shape index (κ1) is 25.4. The molecule has 3 unspecified atom stereocenters. The maximum absolute atomic E-state index is 14.9. The minimum atomic E-state index is -0.343. The van der Waals surface area contributed by atoms with Crippen molar-refractivity contribution in [1.29, 1.82) is 0 Å². The van der Waals surface area contributed by atoms with E-state index in [4.69, 9.17) is 22.3 Å². The number of amidine groups is 1. The van der Waals surface area contributed by atoms with Crippen LogP contribution in [0.25, 0.3) is 10.2 Å². The number of nitrogens with two attached hydrogens (primary N) is 1. The second kappa shape index (κ2) is 9.91. The largest absolute Gasteiger partial charge is 0.397 e. The number of nitrogens with zero attached hydrogens (tertiary/aromatic N) is 2. The maximum atomic E-state index is 14.9. The standard InChI is InChI=1S/C28H29ClFN5OS/c1-13-5-6-17-22(15(3)10-33-27(17)34-21-9-14(2)19(29)7-8-20(21)30)24(13)35-28(36)18-12-37-26-23(31)16(4)11-32-25(18)26/h5-8,11-12,14-15,19H,9-10H2,1-4H3,(H2,31,32)(H,33,34)(H,35,36). The Morgan fingerprint density at radius 1 is 1.24 bits per heavy atom. The number of halogens is 2. The highest BCUT2D eigenvalue weighted by Crippen LogP contribution is 2.37. The number of thiophene rings is 1. The van der Waals surface area contributed by atoms with Crippen LogP contribution in [-0.2, 0) is 0 Å². The fraction of sp³-hybridized carbons (Fsp3) is 0.321. The van der Waals surface area contributed by atoms with Crippen LogP contribution in [0.15, 0.2) is 52.4 Å². The van der Waals surface area contributed by atoms with Gasteiger partial charge in [-0.3, -0.25) is 14.8 Å². The summed E-state index contributed by atoms with van der Waals surface area (Å²) in [6.45, 7) is 8.45. The molecule has 1 aliphatic carbocycles. The zero-order valence-electron chi connectivity index (χ0n) is 21.2. The molecule has 0 radical (unpaired) electrons. The molecule has 1 aromatic carbocycles. The van der Waals surface area contributed by atoms with Gasteiger partial charge >= 0.3 is 0 Å². The van der Waals surface area contributed by atoms with Crippen molar-refractivity contribution >= 4 is 56.3 Å². The summed E-state index contributed by atoms with van der Waals surface area (Å²) >= 11 is 7.75. The summed E-state index contributed by atoms with van der Waals surface area (Å²) in [5, 5.41) is 7.95. The quantitative estimate of drug-likeness (QED) is 0.329. The lowest BCUT2D eigenvalue weighted by Crippen LogP contribution is -2.31. The molecule has 0 bridgehead atoms.